The standard InChI is InChI=1S/C17H17BrN2/c1-12-6-5-8-15(17(12)18)19-10-13-11-20(2)16-9-4-3-7-14(13)16/h3-9,11,19H,10H2,1-2H3. The number of para-hydroxylation sites is 1. The number of nitrogens with one attached hydrogen (secondary N) is 1. The first-order valence-corrected chi connectivity index (χ1v) is 7.48. The lowest BCUT2D eigenvalue weighted by molar-refractivity contribution is 0.955. The van der Waals surface area contributed by atoms with Gasteiger partial charge < -0.3 is 9.88 Å². The number of hydrogen-bond acceptors (Lipinski definition) is 1. The molecule has 0 fully saturated rings. The number of nitrogens with zero attached hydrogens (tertiary/aromatic N) is 1. The molecule has 3 aromatic rings. The van der Waals surface area contributed by atoms with Crippen molar-refractivity contribution >= 4 is 32.5 Å². The summed E-state index contributed by atoms with van der Waals surface area (Å²) in [4.78, 5) is 0. The zero-order chi connectivity index (χ0) is 14.1. The van der Waals surface area contributed by atoms with Crippen LogP contribution in [-0.2, 0) is 13.6 Å². The van der Waals surface area contributed by atoms with Crippen LogP contribution >= 0.6 is 15.9 Å². The third-order valence-electron chi connectivity index (χ3n) is 3.64. The summed E-state index contributed by atoms with van der Waals surface area (Å²) in [6, 6.07) is 14.8. The van der Waals surface area contributed by atoms with Crippen LogP contribution in [0.4, 0.5) is 5.69 Å². The van der Waals surface area contributed by atoms with E-state index in [0.29, 0.717) is 0 Å². The molecular formula is C17H17BrN2. The summed E-state index contributed by atoms with van der Waals surface area (Å²) in [5.41, 5.74) is 4.97. The molecular weight excluding hydrogens is 312 g/mol. The number of aromatic nitrogens is 1. The van der Waals surface area contributed by atoms with Gasteiger partial charge in [-0.15, -0.1) is 0 Å². The highest BCUT2D eigenvalue weighted by Crippen LogP contribution is 2.27. The van der Waals surface area contributed by atoms with Crippen molar-refractivity contribution in [1.29, 1.82) is 0 Å². The van der Waals surface area contributed by atoms with Crippen LogP contribution in [0.3, 0.4) is 0 Å². The zero-order valence-corrected chi connectivity index (χ0v) is 13.2. The summed E-state index contributed by atoms with van der Waals surface area (Å²) in [5.74, 6) is 0. The van der Waals surface area contributed by atoms with E-state index in [1.165, 1.54) is 22.0 Å². The highest BCUT2D eigenvalue weighted by Gasteiger charge is 2.07. The number of fused-ring (bicyclic) bond motifs is 1. The molecule has 0 aliphatic heterocycles. The minimum absolute atomic E-state index is 0.823. The second kappa shape index (κ2) is 5.33. The highest BCUT2D eigenvalue weighted by atomic mass is 79.9. The maximum absolute atomic E-state index is 3.64. The lowest BCUT2D eigenvalue weighted by Gasteiger charge is -2.09. The molecule has 2 aromatic carbocycles. The fourth-order valence-electron chi connectivity index (χ4n) is 2.54. The van der Waals surface area contributed by atoms with E-state index in [1.807, 2.05) is 0 Å². The quantitative estimate of drug-likeness (QED) is 0.726. The van der Waals surface area contributed by atoms with Gasteiger partial charge in [-0.2, -0.15) is 0 Å². The lowest BCUT2D eigenvalue weighted by atomic mass is 10.1. The molecule has 1 N–H and O–H groups in total. The molecule has 1 heterocycles. The molecule has 0 spiro atoms. The Kier molecular flexibility index (Phi) is 3.53. The first-order chi connectivity index (χ1) is 9.66. The van der Waals surface area contributed by atoms with Crippen molar-refractivity contribution < 1.29 is 0 Å². The van der Waals surface area contributed by atoms with E-state index in [2.05, 4.69) is 88.4 Å². The van der Waals surface area contributed by atoms with Gasteiger partial charge >= 0.3 is 0 Å². The maximum Gasteiger partial charge on any atom is 0.0490 e. The Labute approximate surface area is 127 Å². The van der Waals surface area contributed by atoms with E-state index in [0.717, 1.165) is 16.7 Å². The van der Waals surface area contributed by atoms with Gasteiger partial charge in [0, 0.05) is 40.9 Å². The fourth-order valence-corrected chi connectivity index (χ4v) is 2.95. The van der Waals surface area contributed by atoms with Crippen LogP contribution in [0.25, 0.3) is 10.9 Å². The molecule has 20 heavy (non-hydrogen) atoms. The average molecular weight is 329 g/mol. The van der Waals surface area contributed by atoms with Crippen LogP contribution in [0.5, 0.6) is 0 Å². The molecule has 0 unspecified atom stereocenters. The number of anilines is 1. The van der Waals surface area contributed by atoms with Gasteiger partial charge in [-0.3, -0.25) is 0 Å². The third-order valence-corrected chi connectivity index (χ3v) is 4.69. The number of halogens is 1. The summed E-state index contributed by atoms with van der Waals surface area (Å²) in [6.45, 7) is 2.93. The van der Waals surface area contributed by atoms with Crippen LogP contribution in [0.1, 0.15) is 11.1 Å². The maximum atomic E-state index is 3.64. The van der Waals surface area contributed by atoms with Crippen LogP contribution in [-0.4, -0.2) is 4.57 Å². The molecule has 0 bridgehead atoms. The Bertz CT molecular complexity index is 759. The SMILES string of the molecule is Cc1cccc(NCc2cn(C)c3ccccc23)c1Br. The molecule has 2 nitrogen and oxygen atoms in total. The fraction of sp³-hybridized carbons (Fsp3) is 0.176. The van der Waals surface area contributed by atoms with Crippen molar-refractivity contribution in [1.82, 2.24) is 4.57 Å². The van der Waals surface area contributed by atoms with Gasteiger partial charge in [0.15, 0.2) is 0 Å². The molecule has 0 aliphatic carbocycles. The molecule has 0 aliphatic rings. The van der Waals surface area contributed by atoms with Gasteiger partial charge in [0.05, 0.1) is 0 Å². The van der Waals surface area contributed by atoms with Gasteiger partial charge in [-0.25, -0.2) is 0 Å². The normalized spacial score (nSPS) is 10.9. The van der Waals surface area contributed by atoms with E-state index >= 15 is 0 Å². The summed E-state index contributed by atoms with van der Waals surface area (Å²) in [5, 5.41) is 4.83. The van der Waals surface area contributed by atoms with Crippen molar-refractivity contribution in [3.05, 3.63) is 64.3 Å². The monoisotopic (exact) mass is 328 g/mol. The first-order valence-electron chi connectivity index (χ1n) is 6.69. The second-order valence-electron chi connectivity index (χ2n) is 5.07. The molecule has 0 radical (unpaired) electrons. The molecule has 0 saturated carbocycles. The minimum atomic E-state index is 0.823. The van der Waals surface area contributed by atoms with Crippen molar-refractivity contribution in [2.45, 2.75) is 13.5 Å². The van der Waals surface area contributed by atoms with Crippen molar-refractivity contribution in [3.63, 3.8) is 0 Å². The van der Waals surface area contributed by atoms with Crippen LogP contribution in [0.2, 0.25) is 0 Å². The van der Waals surface area contributed by atoms with Gasteiger partial charge in [0.25, 0.3) is 0 Å². The van der Waals surface area contributed by atoms with Gasteiger partial charge in [0.1, 0.15) is 0 Å². The number of aryl methyl sites for hydroxylation is 2. The minimum Gasteiger partial charge on any atom is -0.380 e. The summed E-state index contributed by atoms with van der Waals surface area (Å²) < 4.78 is 3.32. The Morgan fingerprint density at radius 1 is 1.10 bits per heavy atom. The zero-order valence-electron chi connectivity index (χ0n) is 11.7. The number of hydrogen-bond donors (Lipinski definition) is 1. The van der Waals surface area contributed by atoms with Crippen LogP contribution in [0, 0.1) is 6.92 Å². The highest BCUT2D eigenvalue weighted by molar-refractivity contribution is 9.10. The number of benzene rings is 2. The van der Waals surface area contributed by atoms with Gasteiger partial charge in [0.2, 0.25) is 0 Å². The molecule has 0 saturated heterocycles. The van der Waals surface area contributed by atoms with Crippen molar-refractivity contribution in [3.8, 4) is 0 Å². The van der Waals surface area contributed by atoms with E-state index < -0.39 is 0 Å². The Morgan fingerprint density at radius 2 is 1.90 bits per heavy atom. The molecule has 0 atom stereocenters. The van der Waals surface area contributed by atoms with Gasteiger partial charge in [-0.05, 0) is 46.1 Å². The topological polar surface area (TPSA) is 17.0 Å². The van der Waals surface area contributed by atoms with Crippen LogP contribution in [0.15, 0.2) is 53.1 Å². The number of rotatable bonds is 3. The van der Waals surface area contributed by atoms with E-state index in [9.17, 15) is 0 Å². The molecule has 3 heteroatoms. The molecule has 0 amide bonds. The molecule has 3 rings (SSSR count). The third kappa shape index (κ3) is 2.34. The lowest BCUT2D eigenvalue weighted by Crippen LogP contribution is -2.00. The van der Waals surface area contributed by atoms with E-state index in [-0.39, 0.29) is 0 Å². The predicted octanol–water partition coefficient (Wildman–Crippen LogP) is 4.86. The Morgan fingerprint density at radius 3 is 2.75 bits per heavy atom. The molecule has 1 aromatic heterocycles. The second-order valence-corrected chi connectivity index (χ2v) is 5.87. The smallest absolute Gasteiger partial charge is 0.0490 e. The largest absolute Gasteiger partial charge is 0.380 e. The van der Waals surface area contributed by atoms with E-state index in [1.54, 1.807) is 0 Å². The van der Waals surface area contributed by atoms with Gasteiger partial charge in [-0.1, -0.05) is 30.3 Å². The van der Waals surface area contributed by atoms with Crippen molar-refractivity contribution in [2.75, 3.05) is 5.32 Å². The van der Waals surface area contributed by atoms with Crippen molar-refractivity contribution in [2.24, 2.45) is 7.05 Å². The Balaban J connectivity index is 1.89. The summed E-state index contributed by atoms with van der Waals surface area (Å²) >= 11 is 3.64. The van der Waals surface area contributed by atoms with Crippen LogP contribution < -0.4 is 5.32 Å². The molecule has 102 valence electrons. The first kappa shape index (κ1) is 13.3. The Hall–Kier alpha value is -1.74. The van der Waals surface area contributed by atoms with E-state index in [4.69, 9.17) is 0 Å². The summed E-state index contributed by atoms with van der Waals surface area (Å²) in [7, 11) is 2.09. The average Bonchev–Trinajstić information content (AvgIpc) is 2.78. The summed E-state index contributed by atoms with van der Waals surface area (Å²) in [6.07, 6.45) is 2.20. The predicted molar refractivity (Wildman–Crippen MR) is 89.1 cm³/mol.